The molecule has 21 heavy (non-hydrogen) atoms. The van der Waals surface area contributed by atoms with Crippen LogP contribution in [-0.2, 0) is 24.3 Å². The summed E-state index contributed by atoms with van der Waals surface area (Å²) in [6.07, 6.45) is 4.20. The molecule has 0 spiro atoms. The van der Waals surface area contributed by atoms with Gasteiger partial charge < -0.3 is 4.74 Å². The zero-order valence-corrected chi connectivity index (χ0v) is 13.2. The maximum atomic E-state index is 12.4. The monoisotopic (exact) mass is 317 g/mol. The minimum Gasteiger partial charge on any atom is -0.469 e. The highest BCUT2D eigenvalue weighted by Crippen LogP contribution is 2.34. The van der Waals surface area contributed by atoms with Crippen molar-refractivity contribution in [2.45, 2.75) is 51.0 Å². The van der Waals surface area contributed by atoms with Crippen molar-refractivity contribution in [3.8, 4) is 0 Å². The van der Waals surface area contributed by atoms with Crippen LogP contribution in [0.5, 0.6) is 0 Å². The second-order valence-electron chi connectivity index (χ2n) is 5.78. The summed E-state index contributed by atoms with van der Waals surface area (Å²) < 4.78 is 30.9. The fourth-order valence-corrected chi connectivity index (χ4v) is 5.20. The number of methoxy groups -OCH3 is 1. The summed E-state index contributed by atoms with van der Waals surface area (Å²) >= 11 is 0. The largest absolute Gasteiger partial charge is 0.469 e. The van der Waals surface area contributed by atoms with E-state index in [9.17, 15) is 18.0 Å². The molecule has 2 rings (SSSR count). The van der Waals surface area contributed by atoms with Crippen molar-refractivity contribution in [2.75, 3.05) is 19.4 Å². The molecular formula is C14H23NO5S. The number of esters is 1. The van der Waals surface area contributed by atoms with E-state index in [-0.39, 0.29) is 36.3 Å². The highest BCUT2D eigenvalue weighted by molar-refractivity contribution is 7.89. The van der Waals surface area contributed by atoms with Crippen LogP contribution in [0.3, 0.4) is 0 Å². The van der Waals surface area contributed by atoms with Crippen molar-refractivity contribution in [3.63, 3.8) is 0 Å². The van der Waals surface area contributed by atoms with Gasteiger partial charge in [0.2, 0.25) is 10.0 Å². The third kappa shape index (κ3) is 3.83. The Balaban J connectivity index is 1.97. The van der Waals surface area contributed by atoms with Gasteiger partial charge in [-0.05, 0) is 32.1 Å². The summed E-state index contributed by atoms with van der Waals surface area (Å²) in [5.74, 6) is -0.367. The minimum atomic E-state index is -3.40. The van der Waals surface area contributed by atoms with E-state index in [1.165, 1.54) is 11.4 Å². The molecular weight excluding hydrogens is 294 g/mol. The van der Waals surface area contributed by atoms with E-state index in [0.29, 0.717) is 13.0 Å². The first-order chi connectivity index (χ1) is 9.95. The molecule has 7 heteroatoms. The highest BCUT2D eigenvalue weighted by atomic mass is 32.2. The number of ether oxygens (including phenoxy) is 1. The molecule has 2 unspecified atom stereocenters. The van der Waals surface area contributed by atoms with Crippen molar-refractivity contribution in [2.24, 2.45) is 5.92 Å². The van der Waals surface area contributed by atoms with Gasteiger partial charge in [0, 0.05) is 31.3 Å². The molecule has 1 aliphatic heterocycles. The molecule has 2 atom stereocenters. The predicted octanol–water partition coefficient (Wildman–Crippen LogP) is 1.10. The van der Waals surface area contributed by atoms with Gasteiger partial charge in [-0.2, -0.15) is 4.31 Å². The first-order valence-electron chi connectivity index (χ1n) is 7.55. The molecule has 0 N–H and O–H groups in total. The number of nitrogens with zero attached hydrogens (tertiary/aromatic N) is 1. The summed E-state index contributed by atoms with van der Waals surface area (Å²) in [6, 6.07) is -0.164. The molecule has 0 aromatic carbocycles. The minimum absolute atomic E-state index is 0.0560. The molecule has 120 valence electrons. The Hall–Kier alpha value is -0.950. The second-order valence-corrected chi connectivity index (χ2v) is 7.82. The topological polar surface area (TPSA) is 80.8 Å². The number of ketones is 1. The van der Waals surface area contributed by atoms with Crippen LogP contribution in [0, 0.1) is 5.92 Å². The molecule has 1 heterocycles. The summed E-state index contributed by atoms with van der Waals surface area (Å²) in [7, 11) is -2.11. The summed E-state index contributed by atoms with van der Waals surface area (Å²) in [5.41, 5.74) is 0. The quantitative estimate of drug-likeness (QED) is 0.685. The van der Waals surface area contributed by atoms with E-state index >= 15 is 0 Å². The lowest BCUT2D eigenvalue weighted by molar-refractivity contribution is -0.140. The number of hydrogen-bond donors (Lipinski definition) is 0. The van der Waals surface area contributed by atoms with Crippen LogP contribution in [0.2, 0.25) is 0 Å². The highest BCUT2D eigenvalue weighted by Gasteiger charge is 2.42. The number of Topliss-reactive ketones (excluding diaryl/α,β-unsaturated/α-hetero) is 1. The molecule has 0 aromatic heterocycles. The van der Waals surface area contributed by atoms with Gasteiger partial charge >= 0.3 is 5.97 Å². The first kappa shape index (κ1) is 16.4. The van der Waals surface area contributed by atoms with Crippen LogP contribution in [0.4, 0.5) is 0 Å². The number of hydrogen-bond acceptors (Lipinski definition) is 5. The third-order valence-electron chi connectivity index (χ3n) is 4.43. The van der Waals surface area contributed by atoms with Crippen LogP contribution in [0.1, 0.15) is 44.9 Å². The number of rotatable bonds is 6. The molecule has 2 fully saturated rings. The molecule has 0 radical (unpaired) electrons. The maximum Gasteiger partial charge on any atom is 0.305 e. The van der Waals surface area contributed by atoms with Gasteiger partial charge in [-0.25, -0.2) is 8.42 Å². The molecule has 0 aromatic rings. The van der Waals surface area contributed by atoms with Crippen LogP contribution in [0.25, 0.3) is 0 Å². The van der Waals surface area contributed by atoms with Crippen LogP contribution in [0.15, 0.2) is 0 Å². The average molecular weight is 317 g/mol. The molecule has 0 bridgehead atoms. The predicted molar refractivity (Wildman–Crippen MR) is 77.1 cm³/mol. The van der Waals surface area contributed by atoms with Crippen LogP contribution in [-0.4, -0.2) is 49.9 Å². The SMILES string of the molecule is COC(=O)CCCS(=O)(=O)N1CCCC1C1CCCC1=O. The average Bonchev–Trinajstić information content (AvgIpc) is 3.06. The van der Waals surface area contributed by atoms with Gasteiger partial charge in [-0.3, -0.25) is 9.59 Å². The summed E-state index contributed by atoms with van der Waals surface area (Å²) in [6.45, 7) is 0.495. The first-order valence-corrected chi connectivity index (χ1v) is 9.15. The molecule has 0 amide bonds. The Morgan fingerprint density at radius 2 is 2.10 bits per heavy atom. The fourth-order valence-electron chi connectivity index (χ4n) is 3.38. The smallest absolute Gasteiger partial charge is 0.305 e. The summed E-state index contributed by atoms with van der Waals surface area (Å²) in [4.78, 5) is 23.0. The van der Waals surface area contributed by atoms with Gasteiger partial charge in [-0.15, -0.1) is 0 Å². The van der Waals surface area contributed by atoms with Gasteiger partial charge in [0.25, 0.3) is 0 Å². The number of sulfonamides is 1. The summed E-state index contributed by atoms with van der Waals surface area (Å²) in [5, 5.41) is 0. The Morgan fingerprint density at radius 1 is 1.33 bits per heavy atom. The Labute approximate surface area is 125 Å². The number of carbonyl (C=O) groups is 2. The van der Waals surface area contributed by atoms with Crippen molar-refractivity contribution < 1.29 is 22.7 Å². The Kier molecular flexibility index (Phi) is 5.37. The fraction of sp³-hybridized carbons (Fsp3) is 0.857. The van der Waals surface area contributed by atoms with Gasteiger partial charge in [0.15, 0.2) is 0 Å². The van der Waals surface area contributed by atoms with E-state index < -0.39 is 16.0 Å². The molecule has 1 saturated carbocycles. The van der Waals surface area contributed by atoms with Gasteiger partial charge in [0.1, 0.15) is 5.78 Å². The third-order valence-corrected chi connectivity index (χ3v) is 6.41. The van der Waals surface area contributed by atoms with Crippen LogP contribution >= 0.6 is 0 Å². The molecule has 6 nitrogen and oxygen atoms in total. The zero-order chi connectivity index (χ0) is 15.5. The van der Waals surface area contributed by atoms with Crippen molar-refractivity contribution in [3.05, 3.63) is 0 Å². The molecule has 2 aliphatic rings. The van der Waals surface area contributed by atoms with E-state index in [4.69, 9.17) is 0 Å². The van der Waals surface area contributed by atoms with Crippen molar-refractivity contribution >= 4 is 21.8 Å². The Bertz CT molecular complexity index is 501. The maximum absolute atomic E-state index is 12.4. The van der Waals surface area contributed by atoms with E-state index in [0.717, 1.165) is 25.7 Å². The van der Waals surface area contributed by atoms with Gasteiger partial charge in [-0.1, -0.05) is 0 Å². The lowest BCUT2D eigenvalue weighted by Gasteiger charge is -2.27. The lowest BCUT2D eigenvalue weighted by atomic mass is 9.96. The van der Waals surface area contributed by atoms with E-state index in [1.807, 2.05) is 0 Å². The zero-order valence-electron chi connectivity index (χ0n) is 12.4. The van der Waals surface area contributed by atoms with Crippen molar-refractivity contribution in [1.82, 2.24) is 4.31 Å². The lowest BCUT2D eigenvalue weighted by Crippen LogP contribution is -2.42. The van der Waals surface area contributed by atoms with E-state index in [2.05, 4.69) is 4.74 Å². The second kappa shape index (κ2) is 6.87. The van der Waals surface area contributed by atoms with E-state index in [1.54, 1.807) is 0 Å². The van der Waals surface area contributed by atoms with Crippen LogP contribution < -0.4 is 0 Å². The molecule has 1 aliphatic carbocycles. The number of carbonyl (C=O) groups excluding carboxylic acids is 2. The normalized spacial score (nSPS) is 27.2. The molecule has 1 saturated heterocycles. The standard InChI is InChI=1S/C14H23NO5S/c1-20-14(17)8-4-10-21(18,19)15-9-3-6-12(15)11-5-2-7-13(11)16/h11-12H,2-10H2,1H3. The van der Waals surface area contributed by atoms with Gasteiger partial charge in [0.05, 0.1) is 12.9 Å². The Morgan fingerprint density at radius 3 is 2.71 bits per heavy atom. The van der Waals surface area contributed by atoms with Crippen molar-refractivity contribution in [1.29, 1.82) is 0 Å².